The highest BCUT2D eigenvalue weighted by Crippen LogP contribution is 2.21. The number of aliphatic hydroxyl groups is 1. The van der Waals surface area contributed by atoms with Crippen LogP contribution >= 0.6 is 0 Å². The third kappa shape index (κ3) is 3.86. The molecule has 0 aliphatic rings. The Balaban J connectivity index is 1.68. The second kappa shape index (κ2) is 7.63. The monoisotopic (exact) mass is 342 g/mol. The topological polar surface area (TPSA) is 113 Å². The molecule has 1 amide bonds. The lowest BCUT2D eigenvalue weighted by molar-refractivity contribution is 0.0944. The van der Waals surface area contributed by atoms with Crippen LogP contribution in [0.4, 0.5) is 5.69 Å². The van der Waals surface area contributed by atoms with Gasteiger partial charge in [-0.2, -0.15) is 4.98 Å². The average Bonchev–Trinajstić information content (AvgIpc) is 3.30. The minimum atomic E-state index is -0.225. The third-order valence-corrected chi connectivity index (χ3v) is 3.65. The first-order chi connectivity index (χ1) is 12.2. The van der Waals surface area contributed by atoms with E-state index in [-0.39, 0.29) is 19.1 Å². The lowest BCUT2D eigenvalue weighted by Gasteiger charge is -2.12. The number of benzene rings is 1. The molecule has 8 heteroatoms. The van der Waals surface area contributed by atoms with Gasteiger partial charge in [0.15, 0.2) is 5.82 Å². The predicted molar refractivity (Wildman–Crippen MR) is 89.9 cm³/mol. The molecule has 2 heterocycles. The Kier molecular flexibility index (Phi) is 5.10. The summed E-state index contributed by atoms with van der Waals surface area (Å²) in [5.41, 5.74) is 2.87. The molecule has 8 nitrogen and oxygen atoms in total. The van der Waals surface area contributed by atoms with E-state index < -0.39 is 0 Å². The molecule has 0 fully saturated rings. The van der Waals surface area contributed by atoms with Crippen molar-refractivity contribution in [3.8, 4) is 11.5 Å². The van der Waals surface area contributed by atoms with Gasteiger partial charge in [0.25, 0.3) is 11.8 Å². The first-order valence-electron chi connectivity index (χ1n) is 7.76. The van der Waals surface area contributed by atoms with Crippen LogP contribution in [0.15, 0.2) is 45.7 Å². The van der Waals surface area contributed by atoms with Crippen LogP contribution in [0.25, 0.3) is 11.5 Å². The van der Waals surface area contributed by atoms with Crippen LogP contribution in [-0.4, -0.2) is 34.3 Å². The molecule has 25 heavy (non-hydrogen) atoms. The van der Waals surface area contributed by atoms with Gasteiger partial charge < -0.3 is 24.7 Å². The molecule has 0 aliphatic carbocycles. The lowest BCUT2D eigenvalue weighted by atomic mass is 10.1. The van der Waals surface area contributed by atoms with E-state index in [1.54, 1.807) is 18.2 Å². The van der Waals surface area contributed by atoms with E-state index in [1.165, 1.54) is 12.5 Å². The predicted octanol–water partition coefficient (Wildman–Crippen LogP) is 1.97. The maximum Gasteiger partial charge on any atom is 0.261 e. The van der Waals surface area contributed by atoms with Gasteiger partial charge in [-0.25, -0.2) is 0 Å². The maximum absolute atomic E-state index is 12.1. The minimum absolute atomic E-state index is 0.0977. The van der Waals surface area contributed by atoms with Crippen molar-refractivity contribution in [2.24, 2.45) is 0 Å². The summed E-state index contributed by atoms with van der Waals surface area (Å²) in [5, 5.41) is 18.6. The molecule has 0 bridgehead atoms. The molecule has 0 aliphatic heterocycles. The number of carbonyl (C=O) groups is 1. The van der Waals surface area contributed by atoms with E-state index in [9.17, 15) is 4.79 Å². The van der Waals surface area contributed by atoms with Crippen molar-refractivity contribution >= 4 is 11.6 Å². The molecule has 0 spiro atoms. The maximum atomic E-state index is 12.1. The Morgan fingerprint density at radius 1 is 1.32 bits per heavy atom. The third-order valence-electron chi connectivity index (χ3n) is 3.65. The van der Waals surface area contributed by atoms with Crippen LogP contribution in [0.3, 0.4) is 0 Å². The summed E-state index contributed by atoms with van der Waals surface area (Å²) >= 11 is 0. The fourth-order valence-electron chi connectivity index (χ4n) is 2.34. The highest BCUT2D eigenvalue weighted by molar-refractivity contribution is 5.97. The van der Waals surface area contributed by atoms with Gasteiger partial charge in [0, 0.05) is 17.8 Å². The van der Waals surface area contributed by atoms with Crippen LogP contribution in [0.1, 0.15) is 21.7 Å². The van der Waals surface area contributed by atoms with Crippen LogP contribution in [0, 0.1) is 6.92 Å². The summed E-state index contributed by atoms with van der Waals surface area (Å²) < 4.78 is 10.2. The van der Waals surface area contributed by atoms with Crippen molar-refractivity contribution in [3.05, 3.63) is 53.7 Å². The summed E-state index contributed by atoms with van der Waals surface area (Å²) in [4.78, 5) is 16.4. The SMILES string of the molecule is Cc1c(NCc2noc(-c3ccoc3)n2)cccc1C(=O)NCCO. The zero-order valence-corrected chi connectivity index (χ0v) is 13.7. The van der Waals surface area contributed by atoms with Gasteiger partial charge >= 0.3 is 0 Å². The van der Waals surface area contributed by atoms with Crippen LogP contribution < -0.4 is 10.6 Å². The van der Waals surface area contributed by atoms with E-state index in [0.717, 1.165) is 16.8 Å². The largest absolute Gasteiger partial charge is 0.472 e. The zero-order valence-electron chi connectivity index (χ0n) is 13.7. The molecule has 3 rings (SSSR count). The zero-order chi connectivity index (χ0) is 17.6. The van der Waals surface area contributed by atoms with E-state index >= 15 is 0 Å². The number of hydrogen-bond donors (Lipinski definition) is 3. The summed E-state index contributed by atoms with van der Waals surface area (Å²) in [6.07, 6.45) is 3.07. The first-order valence-corrected chi connectivity index (χ1v) is 7.76. The van der Waals surface area contributed by atoms with E-state index in [4.69, 9.17) is 14.0 Å². The van der Waals surface area contributed by atoms with Crippen molar-refractivity contribution in [2.75, 3.05) is 18.5 Å². The van der Waals surface area contributed by atoms with Gasteiger partial charge in [-0.05, 0) is 30.7 Å². The van der Waals surface area contributed by atoms with Crippen molar-refractivity contribution in [1.29, 1.82) is 0 Å². The number of nitrogens with zero attached hydrogens (tertiary/aromatic N) is 2. The molecular formula is C17H18N4O4. The Morgan fingerprint density at radius 2 is 2.20 bits per heavy atom. The lowest BCUT2D eigenvalue weighted by Crippen LogP contribution is -2.27. The summed E-state index contributed by atoms with van der Waals surface area (Å²) in [5.74, 6) is 0.655. The van der Waals surface area contributed by atoms with Crippen molar-refractivity contribution in [3.63, 3.8) is 0 Å². The summed E-state index contributed by atoms with van der Waals surface area (Å²) in [6, 6.07) is 7.13. The van der Waals surface area contributed by atoms with Crippen LogP contribution in [0.5, 0.6) is 0 Å². The number of carbonyl (C=O) groups excluding carboxylic acids is 1. The second-order valence-electron chi connectivity index (χ2n) is 5.34. The number of rotatable bonds is 7. The average molecular weight is 342 g/mol. The Morgan fingerprint density at radius 3 is 2.96 bits per heavy atom. The molecule has 0 saturated carbocycles. The Labute approximate surface area is 143 Å². The number of aliphatic hydroxyl groups excluding tert-OH is 1. The van der Waals surface area contributed by atoms with E-state index in [2.05, 4.69) is 20.8 Å². The first kappa shape index (κ1) is 16.7. The molecule has 3 N–H and O–H groups in total. The van der Waals surface area contributed by atoms with Crippen molar-refractivity contribution in [2.45, 2.75) is 13.5 Å². The number of amides is 1. The molecule has 130 valence electrons. The summed E-state index contributed by atoms with van der Waals surface area (Å²) in [6.45, 7) is 2.32. The quantitative estimate of drug-likeness (QED) is 0.601. The number of anilines is 1. The molecule has 0 radical (unpaired) electrons. The van der Waals surface area contributed by atoms with Crippen molar-refractivity contribution < 1.29 is 18.8 Å². The standard InChI is InChI=1S/C17H18N4O4/c1-11-13(16(23)18-6-7-22)3-2-4-14(11)19-9-15-20-17(25-21-15)12-5-8-24-10-12/h2-5,8,10,19,22H,6-7,9H2,1H3,(H,18,23). The van der Waals surface area contributed by atoms with Gasteiger partial charge in [-0.3, -0.25) is 4.79 Å². The molecule has 0 atom stereocenters. The normalized spacial score (nSPS) is 10.6. The Hall–Kier alpha value is -3.13. The van der Waals surface area contributed by atoms with E-state index in [1.807, 2.05) is 13.0 Å². The highest BCUT2D eigenvalue weighted by Gasteiger charge is 2.13. The number of aromatic nitrogens is 2. The second-order valence-corrected chi connectivity index (χ2v) is 5.34. The minimum Gasteiger partial charge on any atom is -0.472 e. The molecule has 0 saturated heterocycles. The fraction of sp³-hybridized carbons (Fsp3) is 0.235. The molecular weight excluding hydrogens is 324 g/mol. The van der Waals surface area contributed by atoms with Crippen molar-refractivity contribution in [1.82, 2.24) is 15.5 Å². The van der Waals surface area contributed by atoms with Crippen LogP contribution in [-0.2, 0) is 6.54 Å². The fourth-order valence-corrected chi connectivity index (χ4v) is 2.34. The van der Waals surface area contributed by atoms with Gasteiger partial charge in [0.05, 0.1) is 25.0 Å². The smallest absolute Gasteiger partial charge is 0.261 e. The molecule has 3 aromatic rings. The van der Waals surface area contributed by atoms with Gasteiger partial charge in [-0.15, -0.1) is 0 Å². The molecule has 2 aromatic heterocycles. The summed E-state index contributed by atoms with van der Waals surface area (Å²) in [7, 11) is 0. The van der Waals surface area contributed by atoms with Gasteiger partial charge in [0.2, 0.25) is 0 Å². The number of hydrogen-bond acceptors (Lipinski definition) is 7. The molecule has 1 aromatic carbocycles. The van der Waals surface area contributed by atoms with E-state index in [0.29, 0.717) is 23.8 Å². The van der Waals surface area contributed by atoms with Gasteiger partial charge in [0.1, 0.15) is 6.26 Å². The van der Waals surface area contributed by atoms with Gasteiger partial charge in [-0.1, -0.05) is 11.2 Å². The highest BCUT2D eigenvalue weighted by atomic mass is 16.5. The Bertz CT molecular complexity index is 842. The number of nitrogens with one attached hydrogen (secondary N) is 2. The molecule has 0 unspecified atom stereocenters. The number of furan rings is 1. The van der Waals surface area contributed by atoms with Crippen LogP contribution in [0.2, 0.25) is 0 Å².